The molecule has 0 saturated carbocycles. The molecule has 88 valence electrons. The van der Waals surface area contributed by atoms with Gasteiger partial charge in [-0.3, -0.25) is 4.79 Å². The van der Waals surface area contributed by atoms with Gasteiger partial charge in [0.2, 0.25) is 0 Å². The van der Waals surface area contributed by atoms with Crippen LogP contribution in [-0.4, -0.2) is 23.2 Å². The SMILES string of the molecule is O=C1SCC1CC(C(F)(F)F)C(F)(F)F. The molecule has 8 heteroatoms. The van der Waals surface area contributed by atoms with E-state index in [1.807, 2.05) is 0 Å². The Morgan fingerprint density at radius 1 is 1.20 bits per heavy atom. The van der Waals surface area contributed by atoms with E-state index in [0.29, 0.717) is 0 Å². The Bertz CT molecular complexity index is 243. The van der Waals surface area contributed by atoms with Crippen LogP contribution in [0, 0.1) is 11.8 Å². The number of rotatable bonds is 2. The van der Waals surface area contributed by atoms with Gasteiger partial charge in [-0.1, -0.05) is 11.8 Å². The highest BCUT2D eigenvalue weighted by Gasteiger charge is 2.58. The first-order chi connectivity index (χ1) is 6.62. The van der Waals surface area contributed by atoms with Crippen molar-refractivity contribution in [1.82, 2.24) is 0 Å². The van der Waals surface area contributed by atoms with E-state index in [-0.39, 0.29) is 5.75 Å². The van der Waals surface area contributed by atoms with Gasteiger partial charge in [0, 0.05) is 11.7 Å². The third-order valence-corrected chi connectivity index (χ3v) is 3.26. The van der Waals surface area contributed by atoms with Crippen LogP contribution in [-0.2, 0) is 4.79 Å². The zero-order valence-corrected chi connectivity index (χ0v) is 7.97. The Morgan fingerprint density at radius 3 is 1.87 bits per heavy atom. The van der Waals surface area contributed by atoms with E-state index in [4.69, 9.17) is 0 Å². The Kier molecular flexibility index (Phi) is 3.27. The summed E-state index contributed by atoms with van der Waals surface area (Å²) in [6.45, 7) is 0. The Labute approximate surface area is 85.2 Å². The van der Waals surface area contributed by atoms with E-state index >= 15 is 0 Å². The van der Waals surface area contributed by atoms with Gasteiger partial charge in [0.15, 0.2) is 11.0 Å². The first-order valence-electron chi connectivity index (χ1n) is 3.92. The fourth-order valence-electron chi connectivity index (χ4n) is 1.17. The molecule has 1 fully saturated rings. The zero-order valence-electron chi connectivity index (χ0n) is 7.15. The maximum Gasteiger partial charge on any atom is 0.400 e. The number of hydrogen-bond acceptors (Lipinski definition) is 2. The van der Waals surface area contributed by atoms with E-state index in [0.717, 1.165) is 11.8 Å². The molecule has 15 heavy (non-hydrogen) atoms. The van der Waals surface area contributed by atoms with Crippen molar-refractivity contribution >= 4 is 16.9 Å². The third kappa shape index (κ3) is 3.02. The zero-order chi connectivity index (χ0) is 11.9. The van der Waals surface area contributed by atoms with Crippen LogP contribution in [0.15, 0.2) is 0 Å². The van der Waals surface area contributed by atoms with Crippen LogP contribution < -0.4 is 0 Å². The molecule has 1 aliphatic rings. The molecular formula is C7H6F6OS. The van der Waals surface area contributed by atoms with Gasteiger partial charge < -0.3 is 0 Å². The van der Waals surface area contributed by atoms with Gasteiger partial charge in [0.05, 0.1) is 0 Å². The maximum atomic E-state index is 12.0. The molecule has 0 aliphatic carbocycles. The molecule has 0 aromatic heterocycles. The smallest absolute Gasteiger partial charge is 0.287 e. The highest BCUT2D eigenvalue weighted by atomic mass is 32.2. The summed E-state index contributed by atoms with van der Waals surface area (Å²) in [5.41, 5.74) is 0. The standard InChI is InChI=1S/C7H6F6OS/c8-6(9,10)4(7(11,12)13)1-3-2-15-5(3)14/h3-4H,1-2H2. The fourth-order valence-corrected chi connectivity index (χ4v) is 1.94. The van der Waals surface area contributed by atoms with Crippen LogP contribution in [0.25, 0.3) is 0 Å². The van der Waals surface area contributed by atoms with Gasteiger partial charge in [-0.15, -0.1) is 0 Å². The number of halogens is 6. The summed E-state index contributed by atoms with van der Waals surface area (Å²) < 4.78 is 72.2. The summed E-state index contributed by atoms with van der Waals surface area (Å²) in [5, 5.41) is -0.589. The van der Waals surface area contributed by atoms with Crippen molar-refractivity contribution in [3.63, 3.8) is 0 Å². The second kappa shape index (κ2) is 3.88. The van der Waals surface area contributed by atoms with Crippen molar-refractivity contribution in [1.29, 1.82) is 0 Å². The molecule has 1 rings (SSSR count). The van der Waals surface area contributed by atoms with Crippen LogP contribution in [0.4, 0.5) is 26.3 Å². The summed E-state index contributed by atoms with van der Waals surface area (Å²) in [7, 11) is 0. The predicted molar refractivity (Wildman–Crippen MR) is 41.2 cm³/mol. The summed E-state index contributed by atoms with van der Waals surface area (Å²) in [5.74, 6) is -4.45. The van der Waals surface area contributed by atoms with Gasteiger partial charge in [0.1, 0.15) is 0 Å². The predicted octanol–water partition coefficient (Wildman–Crippen LogP) is 3.01. The Hall–Kier alpha value is -0.400. The molecule has 1 heterocycles. The lowest BCUT2D eigenvalue weighted by Gasteiger charge is -2.29. The topological polar surface area (TPSA) is 17.1 Å². The van der Waals surface area contributed by atoms with Crippen molar-refractivity contribution in [2.24, 2.45) is 11.8 Å². The third-order valence-electron chi connectivity index (χ3n) is 2.07. The van der Waals surface area contributed by atoms with E-state index in [1.54, 1.807) is 0 Å². The lowest BCUT2D eigenvalue weighted by Crippen LogP contribution is -2.41. The summed E-state index contributed by atoms with van der Waals surface area (Å²) >= 11 is 0.758. The second-order valence-electron chi connectivity index (χ2n) is 3.20. The number of thioether (sulfide) groups is 1. The number of carbonyl (C=O) groups excluding carboxylic acids is 1. The van der Waals surface area contributed by atoms with Crippen LogP contribution >= 0.6 is 11.8 Å². The van der Waals surface area contributed by atoms with Gasteiger partial charge in [-0.2, -0.15) is 26.3 Å². The molecule has 0 N–H and O–H groups in total. The quantitative estimate of drug-likeness (QED) is 0.703. The Morgan fingerprint density at radius 2 is 1.67 bits per heavy atom. The molecule has 0 amide bonds. The van der Waals surface area contributed by atoms with Crippen LogP contribution in [0.5, 0.6) is 0 Å². The van der Waals surface area contributed by atoms with Crippen molar-refractivity contribution in [2.45, 2.75) is 18.8 Å². The highest BCUT2D eigenvalue weighted by Crippen LogP contribution is 2.45. The second-order valence-corrected chi connectivity index (χ2v) is 4.22. The summed E-state index contributed by atoms with van der Waals surface area (Å²) in [6.07, 6.45) is -11.9. The lowest BCUT2D eigenvalue weighted by atomic mass is 9.95. The molecule has 1 saturated heterocycles. The largest absolute Gasteiger partial charge is 0.400 e. The van der Waals surface area contributed by atoms with Gasteiger partial charge in [-0.05, 0) is 6.42 Å². The molecule has 1 nitrogen and oxygen atoms in total. The van der Waals surface area contributed by atoms with E-state index in [9.17, 15) is 31.1 Å². The molecule has 0 bridgehead atoms. The molecular weight excluding hydrogens is 246 g/mol. The number of alkyl halides is 6. The monoisotopic (exact) mass is 252 g/mol. The number of hydrogen-bond donors (Lipinski definition) is 0. The molecule has 1 aliphatic heterocycles. The minimum absolute atomic E-state index is 0.0431. The van der Waals surface area contributed by atoms with Crippen molar-refractivity contribution in [2.75, 3.05) is 5.75 Å². The molecule has 0 aromatic rings. The van der Waals surface area contributed by atoms with Gasteiger partial charge >= 0.3 is 12.4 Å². The molecule has 0 radical (unpaired) electrons. The Balaban J connectivity index is 2.70. The first-order valence-corrected chi connectivity index (χ1v) is 4.91. The molecule has 1 unspecified atom stereocenters. The van der Waals surface area contributed by atoms with E-state index in [1.165, 1.54) is 0 Å². The molecule has 0 spiro atoms. The van der Waals surface area contributed by atoms with E-state index in [2.05, 4.69) is 0 Å². The van der Waals surface area contributed by atoms with Gasteiger partial charge in [0.25, 0.3) is 0 Å². The average Bonchev–Trinajstić information content (AvgIpc) is 1.97. The van der Waals surface area contributed by atoms with Crippen molar-refractivity contribution in [3.05, 3.63) is 0 Å². The lowest BCUT2D eigenvalue weighted by molar-refractivity contribution is -0.287. The summed E-state index contributed by atoms with van der Waals surface area (Å²) in [4.78, 5) is 10.6. The summed E-state index contributed by atoms with van der Waals surface area (Å²) in [6, 6.07) is 0. The molecule has 1 atom stereocenters. The minimum Gasteiger partial charge on any atom is -0.287 e. The van der Waals surface area contributed by atoms with Crippen LogP contribution in [0.1, 0.15) is 6.42 Å². The average molecular weight is 252 g/mol. The maximum absolute atomic E-state index is 12.0. The first kappa shape index (κ1) is 12.7. The van der Waals surface area contributed by atoms with Crippen molar-refractivity contribution in [3.8, 4) is 0 Å². The minimum atomic E-state index is -5.33. The van der Waals surface area contributed by atoms with E-state index < -0.39 is 35.7 Å². The number of carbonyl (C=O) groups is 1. The van der Waals surface area contributed by atoms with Crippen LogP contribution in [0.3, 0.4) is 0 Å². The van der Waals surface area contributed by atoms with Gasteiger partial charge in [-0.25, -0.2) is 0 Å². The highest BCUT2D eigenvalue weighted by molar-refractivity contribution is 8.15. The fraction of sp³-hybridized carbons (Fsp3) is 0.857. The van der Waals surface area contributed by atoms with Crippen molar-refractivity contribution < 1.29 is 31.1 Å². The molecule has 0 aromatic carbocycles. The van der Waals surface area contributed by atoms with Crippen LogP contribution in [0.2, 0.25) is 0 Å². The normalized spacial score (nSPS) is 23.1.